The zero-order chi connectivity index (χ0) is 31.4. The Hall–Kier alpha value is -3.01. The van der Waals surface area contributed by atoms with E-state index < -0.39 is 90.7 Å². The number of hydrogen-bond donors (Lipinski definition) is 6. The lowest BCUT2D eigenvalue weighted by Crippen LogP contribution is -2.64. The molecule has 6 N–H and O–H groups in total. The second kappa shape index (κ2) is 11.5. The molecule has 4 aliphatic carbocycles. The Morgan fingerprint density at radius 3 is 2.26 bits per heavy atom. The average molecular weight is 645 g/mol. The number of amides is 2. The maximum atomic E-state index is 13.6. The Morgan fingerprint density at radius 1 is 1.05 bits per heavy atom. The van der Waals surface area contributed by atoms with Gasteiger partial charge < -0.3 is 31.1 Å². The molecule has 0 aliphatic heterocycles. The number of carbonyl (C=O) groups excluding carboxylic acids is 2. The van der Waals surface area contributed by atoms with Crippen molar-refractivity contribution in [3.63, 3.8) is 0 Å². The van der Waals surface area contributed by atoms with Crippen LogP contribution in [0.25, 0.3) is 0 Å². The van der Waals surface area contributed by atoms with Crippen LogP contribution in [0.15, 0.2) is 46.9 Å². The molecule has 2 aromatic carbocycles. The highest BCUT2D eigenvalue weighted by molar-refractivity contribution is 7.92. The fourth-order valence-corrected chi connectivity index (χ4v) is 8.24. The van der Waals surface area contributed by atoms with Crippen molar-refractivity contribution in [3.8, 4) is 0 Å². The van der Waals surface area contributed by atoms with Gasteiger partial charge in [0.25, 0.3) is 5.91 Å². The van der Waals surface area contributed by atoms with Crippen LogP contribution < -0.4 is 10.6 Å². The minimum atomic E-state index is -4.23. The summed E-state index contributed by atoms with van der Waals surface area (Å²) >= 11 is 6.19. The van der Waals surface area contributed by atoms with E-state index >= 15 is 0 Å². The van der Waals surface area contributed by atoms with Gasteiger partial charge in [0, 0.05) is 35.8 Å². The predicted octanol–water partition coefficient (Wildman–Crippen LogP) is 1.84. The molecular weight excluding hydrogens is 617 g/mol. The van der Waals surface area contributed by atoms with Crippen LogP contribution in [0.3, 0.4) is 0 Å². The van der Waals surface area contributed by atoms with E-state index in [9.17, 15) is 51.6 Å². The number of fused-ring (bicyclic) bond motifs is 2. The summed E-state index contributed by atoms with van der Waals surface area (Å²) in [7, 11) is -4.23. The van der Waals surface area contributed by atoms with Gasteiger partial charge in [0.2, 0.25) is 5.91 Å². The number of sulfone groups is 1. The normalized spacial score (nSPS) is 28.9. The Labute approximate surface area is 249 Å². The fraction of sp³-hybridized carbons (Fsp3) is 0.429. The maximum Gasteiger partial charge on any atom is 0.255 e. The van der Waals surface area contributed by atoms with Gasteiger partial charge in [-0.1, -0.05) is 17.7 Å². The number of carbonyl (C=O) groups is 2. The molecule has 2 bridgehead atoms. The number of benzene rings is 2. The molecule has 15 heteroatoms. The van der Waals surface area contributed by atoms with Gasteiger partial charge in [-0.25, -0.2) is 21.6 Å². The largest absolute Gasteiger partial charge is 0.390 e. The zero-order valence-corrected chi connectivity index (χ0v) is 23.9. The highest BCUT2D eigenvalue weighted by Gasteiger charge is 2.58. The van der Waals surface area contributed by atoms with E-state index in [2.05, 4.69) is 10.6 Å². The number of halogens is 4. The molecule has 232 valence electrons. The van der Waals surface area contributed by atoms with E-state index in [1.54, 1.807) is 0 Å². The lowest BCUT2D eigenvalue weighted by atomic mass is 9.57. The highest BCUT2D eigenvalue weighted by atomic mass is 35.5. The molecule has 5 unspecified atom stereocenters. The number of hydrogen-bond acceptors (Lipinski definition) is 8. The van der Waals surface area contributed by atoms with E-state index in [0.717, 1.165) is 12.1 Å². The first-order chi connectivity index (χ1) is 20.1. The van der Waals surface area contributed by atoms with Crippen LogP contribution in [-0.2, 0) is 14.6 Å². The molecule has 10 nitrogen and oxygen atoms in total. The van der Waals surface area contributed by atoms with Crippen LogP contribution in [0, 0.1) is 29.3 Å². The summed E-state index contributed by atoms with van der Waals surface area (Å²) in [5, 5.41) is 44.6. The first kappa shape index (κ1) is 31.4. The van der Waals surface area contributed by atoms with Gasteiger partial charge in [-0.15, -0.1) is 0 Å². The van der Waals surface area contributed by atoms with E-state index in [-0.39, 0.29) is 42.0 Å². The molecule has 43 heavy (non-hydrogen) atoms. The third-order valence-electron chi connectivity index (χ3n) is 8.49. The summed E-state index contributed by atoms with van der Waals surface area (Å²) < 4.78 is 67.5. The first-order valence-corrected chi connectivity index (χ1v) is 15.3. The van der Waals surface area contributed by atoms with Gasteiger partial charge in [0.1, 0.15) is 11.7 Å². The fourth-order valence-electron chi connectivity index (χ4n) is 6.02. The van der Waals surface area contributed by atoms with E-state index in [0.29, 0.717) is 18.6 Å². The van der Waals surface area contributed by atoms with Gasteiger partial charge in [-0.2, -0.15) is 0 Å². The van der Waals surface area contributed by atoms with Crippen molar-refractivity contribution in [1.29, 1.82) is 0 Å². The Morgan fingerprint density at radius 2 is 1.67 bits per heavy atom. The second-order valence-electron chi connectivity index (χ2n) is 11.2. The molecule has 2 fully saturated rings. The van der Waals surface area contributed by atoms with Crippen molar-refractivity contribution < 1.29 is 51.6 Å². The molecule has 0 radical (unpaired) electrons. The number of nitrogens with one attached hydrogen (secondary N) is 2. The smallest absolute Gasteiger partial charge is 0.255 e. The van der Waals surface area contributed by atoms with Crippen molar-refractivity contribution in [2.75, 3.05) is 11.9 Å². The van der Waals surface area contributed by atoms with Gasteiger partial charge >= 0.3 is 0 Å². The molecule has 0 spiro atoms. The number of anilines is 1. The lowest BCUT2D eigenvalue weighted by molar-refractivity contribution is -0.136. The van der Waals surface area contributed by atoms with Gasteiger partial charge in [-0.3, -0.25) is 9.59 Å². The van der Waals surface area contributed by atoms with Crippen molar-refractivity contribution in [2.24, 2.45) is 11.8 Å². The summed E-state index contributed by atoms with van der Waals surface area (Å²) in [4.78, 5) is 24.7. The summed E-state index contributed by atoms with van der Waals surface area (Å²) in [6, 6.07) is 4.48. The van der Waals surface area contributed by atoms with Crippen LogP contribution >= 0.6 is 11.6 Å². The topological polar surface area (TPSA) is 173 Å². The molecule has 4 aliphatic rings. The second-order valence-corrected chi connectivity index (χ2v) is 13.7. The minimum absolute atomic E-state index is 0.0649. The molecule has 2 amide bonds. The SMILES string of the molecule is O=C(Nc1cc(F)c(F)c(F)c1)c1ccc(Cl)c(S(=O)(=O)C2C=C3CC(C2)[C@@]3(O)C(O)CNC(=O)C2CC(O)C(O)C2)c1. The van der Waals surface area contributed by atoms with E-state index in [1.165, 1.54) is 12.1 Å². The van der Waals surface area contributed by atoms with Crippen molar-refractivity contribution in [3.05, 3.63) is 70.0 Å². The van der Waals surface area contributed by atoms with Crippen LogP contribution in [0.2, 0.25) is 5.02 Å². The van der Waals surface area contributed by atoms with Crippen molar-refractivity contribution in [1.82, 2.24) is 5.32 Å². The van der Waals surface area contributed by atoms with Crippen molar-refractivity contribution >= 4 is 38.9 Å². The summed E-state index contributed by atoms with van der Waals surface area (Å²) in [5.41, 5.74) is -2.13. The van der Waals surface area contributed by atoms with Gasteiger partial charge in [0.15, 0.2) is 27.3 Å². The standard InChI is InChI=1S/C28H28ClF3N2O8S/c29-18-2-1-12(27(39)34-16-9-19(30)25(32)20(31)10-16)5-23(18)43(41,42)17-7-14-6-15(8-17)28(14,40)24(37)11-33-26(38)13-3-21(35)22(36)4-13/h1-2,5,7,9-10,13,15,17,21-22,24,35-37,40H,3-4,6,8,11H2,(H,33,38)(H,34,39)/t13?,15?,17?,21?,22?,24?,28-/m1/s1. The minimum Gasteiger partial charge on any atom is -0.390 e. The van der Waals surface area contributed by atoms with Crippen LogP contribution in [-0.4, -0.2) is 76.4 Å². The van der Waals surface area contributed by atoms with Crippen molar-refractivity contribution in [2.45, 2.75) is 59.7 Å². The average Bonchev–Trinajstić information content (AvgIpc) is 3.31. The van der Waals surface area contributed by atoms with E-state index in [4.69, 9.17) is 11.6 Å². The first-order valence-electron chi connectivity index (χ1n) is 13.4. The maximum absolute atomic E-state index is 13.6. The third-order valence-corrected chi connectivity index (χ3v) is 11.0. The van der Waals surface area contributed by atoms with Crippen LogP contribution in [0.5, 0.6) is 0 Å². The molecule has 2 saturated carbocycles. The molecule has 2 aromatic rings. The summed E-state index contributed by atoms with van der Waals surface area (Å²) in [5.74, 6) is -7.54. The molecule has 0 heterocycles. The highest BCUT2D eigenvalue weighted by Crippen LogP contribution is 2.53. The monoisotopic (exact) mass is 644 g/mol. The number of aliphatic hydroxyl groups excluding tert-OH is 3. The van der Waals surface area contributed by atoms with Gasteiger partial charge in [-0.05, 0) is 55.4 Å². The molecule has 6 rings (SSSR count). The third kappa shape index (κ3) is 5.67. The quantitative estimate of drug-likeness (QED) is 0.187. The molecule has 6 atom stereocenters. The molecule has 0 saturated heterocycles. The van der Waals surface area contributed by atoms with Crippen LogP contribution in [0.4, 0.5) is 18.9 Å². The zero-order valence-electron chi connectivity index (χ0n) is 22.3. The Kier molecular flexibility index (Phi) is 8.39. The lowest BCUT2D eigenvalue weighted by Gasteiger charge is -2.54. The summed E-state index contributed by atoms with van der Waals surface area (Å²) in [6.45, 7) is -0.339. The summed E-state index contributed by atoms with van der Waals surface area (Å²) in [6.07, 6.45) is -1.84. The number of aliphatic hydroxyl groups is 4. The number of rotatable bonds is 8. The van der Waals surface area contributed by atoms with Crippen LogP contribution in [0.1, 0.15) is 36.0 Å². The molecule has 0 aromatic heterocycles. The van der Waals surface area contributed by atoms with E-state index in [1.807, 2.05) is 0 Å². The Bertz CT molecular complexity index is 1590. The predicted molar refractivity (Wildman–Crippen MR) is 146 cm³/mol. The van der Waals surface area contributed by atoms with Gasteiger partial charge in [0.05, 0.1) is 27.4 Å². The molecular formula is C28H28ClF3N2O8S. The Balaban J connectivity index is 1.29.